The molecule has 1 aliphatic heterocycles. The van der Waals surface area contributed by atoms with Crippen LogP contribution in [-0.2, 0) is 4.74 Å². The molecule has 4 heteroatoms. The molecule has 2 unspecified atom stereocenters. The Morgan fingerprint density at radius 1 is 1.60 bits per heavy atom. The van der Waals surface area contributed by atoms with Gasteiger partial charge in [0.1, 0.15) is 0 Å². The van der Waals surface area contributed by atoms with Gasteiger partial charge in [-0.15, -0.1) is 0 Å². The second kappa shape index (κ2) is 7.49. The van der Waals surface area contributed by atoms with E-state index in [1.807, 2.05) is 0 Å². The number of rotatable bonds is 7. The van der Waals surface area contributed by atoms with E-state index in [2.05, 4.69) is 35.9 Å². The number of methoxy groups -OCH3 is 1. The van der Waals surface area contributed by atoms with E-state index in [4.69, 9.17) is 4.74 Å². The van der Waals surface area contributed by atoms with E-state index >= 15 is 0 Å². The van der Waals surface area contributed by atoms with Crippen LogP contribution in [0.15, 0.2) is 0 Å². The fourth-order valence-corrected chi connectivity index (χ4v) is 3.11. The third-order valence-corrected chi connectivity index (χ3v) is 4.24. The number of likely N-dealkylation sites (N-methyl/N-ethyl adjacent to an activating group) is 1. The average molecular weight is 232 g/mol. The van der Waals surface area contributed by atoms with Crippen LogP contribution in [0.3, 0.4) is 0 Å². The van der Waals surface area contributed by atoms with Gasteiger partial charge in [0.05, 0.1) is 6.61 Å². The van der Waals surface area contributed by atoms with Crippen LogP contribution in [0.5, 0.6) is 0 Å². The molecule has 1 fully saturated rings. The Kier molecular flexibility index (Phi) is 6.64. The third kappa shape index (κ3) is 4.72. The molecule has 0 radical (unpaired) electrons. The first-order valence-electron chi connectivity index (χ1n) is 5.75. The molecule has 0 aliphatic carbocycles. The zero-order valence-corrected chi connectivity index (χ0v) is 11.0. The van der Waals surface area contributed by atoms with E-state index in [-0.39, 0.29) is 0 Å². The van der Waals surface area contributed by atoms with Crippen molar-refractivity contribution in [2.75, 3.05) is 45.4 Å². The Hall–Kier alpha value is 0.230. The molecule has 0 aromatic rings. The van der Waals surface area contributed by atoms with Crippen molar-refractivity contribution in [1.82, 2.24) is 10.2 Å². The first-order valence-corrected chi connectivity index (χ1v) is 6.90. The Morgan fingerprint density at radius 3 is 3.00 bits per heavy atom. The lowest BCUT2D eigenvalue weighted by Crippen LogP contribution is -2.44. The summed E-state index contributed by atoms with van der Waals surface area (Å²) in [5, 5.41) is 3.42. The highest BCUT2D eigenvalue weighted by Gasteiger charge is 2.23. The second-order valence-corrected chi connectivity index (χ2v) is 5.38. The molecular weight excluding hydrogens is 208 g/mol. The van der Waals surface area contributed by atoms with Gasteiger partial charge in [-0.05, 0) is 26.1 Å². The van der Waals surface area contributed by atoms with Gasteiger partial charge in [-0.2, -0.15) is 11.8 Å². The second-order valence-electron chi connectivity index (χ2n) is 4.23. The molecular formula is C11H24N2OS. The first-order chi connectivity index (χ1) is 7.25. The number of thioether (sulfide) groups is 1. The van der Waals surface area contributed by atoms with Crippen molar-refractivity contribution in [2.45, 2.75) is 25.4 Å². The minimum absolute atomic E-state index is 0.616. The summed E-state index contributed by atoms with van der Waals surface area (Å²) in [5.41, 5.74) is 0. The molecule has 15 heavy (non-hydrogen) atoms. The lowest BCUT2D eigenvalue weighted by Gasteiger charge is -2.30. The zero-order valence-electron chi connectivity index (χ0n) is 10.2. The monoisotopic (exact) mass is 232 g/mol. The van der Waals surface area contributed by atoms with Crippen LogP contribution in [0.25, 0.3) is 0 Å². The molecule has 0 aromatic heterocycles. The van der Waals surface area contributed by atoms with E-state index in [9.17, 15) is 0 Å². The molecule has 1 heterocycles. The number of nitrogens with zero attached hydrogens (tertiary/aromatic N) is 1. The molecule has 3 nitrogen and oxygen atoms in total. The normalized spacial score (nSPS) is 23.6. The molecule has 1 saturated heterocycles. The van der Waals surface area contributed by atoms with Crippen LogP contribution in [0.1, 0.15) is 13.3 Å². The Labute approximate surface area is 97.9 Å². The van der Waals surface area contributed by atoms with E-state index in [0.717, 1.165) is 25.7 Å². The maximum atomic E-state index is 5.00. The van der Waals surface area contributed by atoms with E-state index in [0.29, 0.717) is 6.04 Å². The molecule has 1 rings (SSSR count). The van der Waals surface area contributed by atoms with Gasteiger partial charge in [-0.3, -0.25) is 4.90 Å². The SMILES string of the molecule is COCCNCC(C)N(C)C1CCSC1. The highest BCUT2D eigenvalue weighted by Crippen LogP contribution is 2.22. The molecule has 2 atom stereocenters. The van der Waals surface area contributed by atoms with Gasteiger partial charge < -0.3 is 10.1 Å². The highest BCUT2D eigenvalue weighted by atomic mass is 32.2. The maximum absolute atomic E-state index is 5.00. The van der Waals surface area contributed by atoms with Gasteiger partial charge in [0, 0.05) is 38.0 Å². The Balaban J connectivity index is 2.11. The topological polar surface area (TPSA) is 24.5 Å². The van der Waals surface area contributed by atoms with E-state index in [1.54, 1.807) is 7.11 Å². The van der Waals surface area contributed by atoms with Crippen LogP contribution < -0.4 is 5.32 Å². The van der Waals surface area contributed by atoms with Crippen LogP contribution in [0.2, 0.25) is 0 Å². The van der Waals surface area contributed by atoms with Gasteiger partial charge in [0.15, 0.2) is 0 Å². The molecule has 90 valence electrons. The predicted octanol–water partition coefficient (Wildman–Crippen LogP) is 1.05. The van der Waals surface area contributed by atoms with Gasteiger partial charge in [0.25, 0.3) is 0 Å². The summed E-state index contributed by atoms with van der Waals surface area (Å²) in [6, 6.07) is 1.40. The largest absolute Gasteiger partial charge is 0.383 e. The number of ether oxygens (including phenoxy) is 1. The lowest BCUT2D eigenvalue weighted by atomic mass is 10.2. The van der Waals surface area contributed by atoms with Crippen LogP contribution in [0, 0.1) is 0 Å². The molecule has 0 spiro atoms. The molecule has 1 aliphatic rings. The fraction of sp³-hybridized carbons (Fsp3) is 1.00. The van der Waals surface area contributed by atoms with Gasteiger partial charge in [0.2, 0.25) is 0 Å². The summed E-state index contributed by atoms with van der Waals surface area (Å²) in [5.74, 6) is 2.64. The van der Waals surface area contributed by atoms with Gasteiger partial charge in [-0.1, -0.05) is 0 Å². The summed E-state index contributed by atoms with van der Waals surface area (Å²) in [4.78, 5) is 2.51. The van der Waals surface area contributed by atoms with Gasteiger partial charge >= 0.3 is 0 Å². The number of nitrogens with one attached hydrogen (secondary N) is 1. The van der Waals surface area contributed by atoms with Crippen molar-refractivity contribution >= 4 is 11.8 Å². The summed E-state index contributed by atoms with van der Waals surface area (Å²) < 4.78 is 5.00. The van der Waals surface area contributed by atoms with Crippen LogP contribution >= 0.6 is 11.8 Å². The van der Waals surface area contributed by atoms with Crippen molar-refractivity contribution < 1.29 is 4.74 Å². The first kappa shape index (κ1) is 13.3. The predicted molar refractivity (Wildman–Crippen MR) is 67.7 cm³/mol. The summed E-state index contributed by atoms with van der Waals surface area (Å²) in [7, 11) is 3.99. The summed E-state index contributed by atoms with van der Waals surface area (Å²) in [6.45, 7) is 5.10. The summed E-state index contributed by atoms with van der Waals surface area (Å²) in [6.07, 6.45) is 1.35. The number of hydrogen-bond donors (Lipinski definition) is 1. The fourth-order valence-electron chi connectivity index (χ4n) is 1.83. The van der Waals surface area contributed by atoms with E-state index < -0.39 is 0 Å². The molecule has 0 bridgehead atoms. The quantitative estimate of drug-likeness (QED) is 0.663. The average Bonchev–Trinajstić information content (AvgIpc) is 2.76. The van der Waals surface area contributed by atoms with Crippen LogP contribution in [0.4, 0.5) is 0 Å². The van der Waals surface area contributed by atoms with Gasteiger partial charge in [-0.25, -0.2) is 0 Å². The van der Waals surface area contributed by atoms with Crippen LogP contribution in [-0.4, -0.2) is 62.3 Å². The lowest BCUT2D eigenvalue weighted by molar-refractivity contribution is 0.178. The van der Waals surface area contributed by atoms with E-state index in [1.165, 1.54) is 17.9 Å². The standard InChI is InChI=1S/C11H24N2OS/c1-10(8-12-5-6-14-3)13(2)11-4-7-15-9-11/h10-12H,4-9H2,1-3H3. The third-order valence-electron chi connectivity index (χ3n) is 3.10. The maximum Gasteiger partial charge on any atom is 0.0587 e. The van der Waals surface area contributed by atoms with Crippen molar-refractivity contribution in [1.29, 1.82) is 0 Å². The number of hydrogen-bond acceptors (Lipinski definition) is 4. The Bertz CT molecular complexity index is 163. The molecule has 0 amide bonds. The molecule has 0 saturated carbocycles. The molecule has 1 N–H and O–H groups in total. The van der Waals surface area contributed by atoms with Crippen molar-refractivity contribution in [3.05, 3.63) is 0 Å². The highest BCUT2D eigenvalue weighted by molar-refractivity contribution is 7.99. The smallest absolute Gasteiger partial charge is 0.0587 e. The zero-order chi connectivity index (χ0) is 11.1. The van der Waals surface area contributed by atoms with Crippen molar-refractivity contribution in [3.8, 4) is 0 Å². The summed E-state index contributed by atoms with van der Waals surface area (Å²) >= 11 is 2.08. The molecule has 0 aromatic carbocycles. The Morgan fingerprint density at radius 2 is 2.40 bits per heavy atom. The minimum Gasteiger partial charge on any atom is -0.383 e. The van der Waals surface area contributed by atoms with Crippen molar-refractivity contribution in [3.63, 3.8) is 0 Å². The van der Waals surface area contributed by atoms with Crippen molar-refractivity contribution in [2.24, 2.45) is 0 Å². The minimum atomic E-state index is 0.616.